The third kappa shape index (κ3) is 12.5. The van der Waals surface area contributed by atoms with Crippen molar-refractivity contribution in [3.63, 3.8) is 0 Å². The number of rotatable bonds is 16. The fourth-order valence-corrected chi connectivity index (χ4v) is 6.90. The van der Waals surface area contributed by atoms with E-state index in [4.69, 9.17) is 28.4 Å². The number of hydrogen-bond donors (Lipinski definition) is 0. The molecule has 56 heavy (non-hydrogen) atoms. The van der Waals surface area contributed by atoms with E-state index < -0.39 is 67.3 Å². The largest absolute Gasteiger partial charge is 0.459 e. The van der Waals surface area contributed by atoms with Crippen LogP contribution in [-0.2, 0) is 28.4 Å². The summed E-state index contributed by atoms with van der Waals surface area (Å²) in [5, 5.41) is 0. The molecule has 0 aliphatic carbocycles. The maximum Gasteiger partial charge on any atom is 0.338 e. The monoisotopic (exact) mass is 1020 g/mol. The second-order valence-corrected chi connectivity index (χ2v) is 16.7. The van der Waals surface area contributed by atoms with Gasteiger partial charge >= 0.3 is 23.9 Å². The van der Waals surface area contributed by atoms with E-state index in [1.54, 1.807) is 97.1 Å². The summed E-state index contributed by atoms with van der Waals surface area (Å²) in [6, 6.07) is 26.0. The number of hydrogen-bond acceptors (Lipinski definition) is 10. The highest BCUT2D eigenvalue weighted by Gasteiger charge is 2.54. The quantitative estimate of drug-likeness (QED) is 0.0609. The molecule has 0 N–H and O–H groups in total. The number of esters is 4. The van der Waals surface area contributed by atoms with E-state index in [1.807, 2.05) is 6.92 Å². The molecule has 6 atom stereocenters. The van der Waals surface area contributed by atoms with Crippen LogP contribution in [0.1, 0.15) is 87.4 Å². The zero-order chi connectivity index (χ0) is 40.2. The van der Waals surface area contributed by atoms with Gasteiger partial charge in [0.2, 0.25) is 0 Å². The normalized spacial score (nSPS) is 19.7. The van der Waals surface area contributed by atoms with Gasteiger partial charge in [-0.15, -0.1) is 0 Å². The van der Waals surface area contributed by atoms with E-state index in [0.717, 1.165) is 43.6 Å². The predicted molar refractivity (Wildman–Crippen MR) is 222 cm³/mol. The maximum absolute atomic E-state index is 13.9. The molecule has 296 valence electrons. The molecule has 0 aromatic heterocycles. The lowest BCUT2D eigenvalue weighted by Gasteiger charge is -2.45. The Morgan fingerprint density at radius 2 is 0.946 bits per heavy atom. The summed E-state index contributed by atoms with van der Waals surface area (Å²) in [6.45, 7) is 3.55. The minimum atomic E-state index is -1.51. The summed E-state index contributed by atoms with van der Waals surface area (Å²) in [4.78, 5) is 54.8. The van der Waals surface area contributed by atoms with Crippen molar-refractivity contribution < 1.29 is 47.6 Å². The highest BCUT2D eigenvalue weighted by molar-refractivity contribution is 9.11. The Morgan fingerprint density at radius 1 is 0.554 bits per heavy atom. The van der Waals surface area contributed by atoms with Crippen LogP contribution in [-0.4, -0.2) is 67.3 Å². The van der Waals surface area contributed by atoms with Gasteiger partial charge in [-0.05, 0) is 110 Å². The average Bonchev–Trinajstić information content (AvgIpc) is 3.18. The molecule has 1 saturated heterocycles. The Bertz CT molecular complexity index is 1920. The van der Waals surface area contributed by atoms with Gasteiger partial charge in [0, 0.05) is 17.9 Å². The van der Waals surface area contributed by atoms with Crippen LogP contribution in [0, 0.1) is 0 Å². The van der Waals surface area contributed by atoms with Gasteiger partial charge in [-0.25, -0.2) is 19.2 Å². The summed E-state index contributed by atoms with van der Waals surface area (Å²) < 4.78 is 40.1. The number of benzene rings is 4. The predicted octanol–water partition coefficient (Wildman–Crippen LogP) is 10.7. The summed E-state index contributed by atoms with van der Waals surface area (Å²) >= 11 is 13.5. The van der Waals surface area contributed by atoms with Crippen molar-refractivity contribution in [2.24, 2.45) is 0 Å². The van der Waals surface area contributed by atoms with E-state index in [0.29, 0.717) is 6.42 Å². The van der Waals surface area contributed by atoms with Crippen molar-refractivity contribution in [2.45, 2.75) is 82.8 Å². The lowest BCUT2D eigenvalue weighted by molar-refractivity contribution is -0.307. The Kier molecular flexibility index (Phi) is 16.7. The molecule has 10 nitrogen and oxygen atoms in total. The molecule has 4 aromatic carbocycles. The van der Waals surface area contributed by atoms with Crippen molar-refractivity contribution in [2.75, 3.05) is 6.61 Å². The van der Waals surface area contributed by atoms with Crippen molar-refractivity contribution in [3.05, 3.63) is 137 Å². The zero-order valence-corrected chi connectivity index (χ0v) is 36.9. The van der Waals surface area contributed by atoms with Crippen LogP contribution in [0.4, 0.5) is 0 Å². The number of carbonyl (C=O) groups is 4. The number of halogens is 4. The Labute approximate surface area is 359 Å². The first-order valence-corrected chi connectivity index (χ1v) is 21.2. The van der Waals surface area contributed by atoms with Crippen LogP contribution in [0.15, 0.2) is 115 Å². The second-order valence-electron chi connectivity index (χ2n) is 13.1. The molecule has 4 aromatic rings. The molecule has 0 saturated carbocycles. The van der Waals surface area contributed by atoms with Gasteiger partial charge < -0.3 is 28.4 Å². The minimum absolute atomic E-state index is 0.177. The summed E-state index contributed by atoms with van der Waals surface area (Å²) in [6.07, 6.45) is -2.80. The van der Waals surface area contributed by atoms with Gasteiger partial charge in [0.1, 0.15) is 12.7 Å². The van der Waals surface area contributed by atoms with Crippen LogP contribution in [0.5, 0.6) is 0 Å². The van der Waals surface area contributed by atoms with E-state index in [1.165, 1.54) is 0 Å². The number of carbonyl (C=O) groups excluding carboxylic acids is 4. The molecule has 1 aliphatic heterocycles. The molecule has 0 amide bonds. The molecule has 5 rings (SSSR count). The molecular weight excluding hydrogens is 984 g/mol. The zero-order valence-electron chi connectivity index (χ0n) is 30.5. The van der Waals surface area contributed by atoms with Crippen LogP contribution in [0.3, 0.4) is 0 Å². The van der Waals surface area contributed by atoms with E-state index in [9.17, 15) is 19.2 Å². The van der Waals surface area contributed by atoms with Crippen LogP contribution >= 0.6 is 63.7 Å². The van der Waals surface area contributed by atoms with Gasteiger partial charge in [0.15, 0.2) is 24.6 Å². The lowest BCUT2D eigenvalue weighted by atomic mass is 9.97. The van der Waals surface area contributed by atoms with Gasteiger partial charge in [0.25, 0.3) is 0 Å². The van der Waals surface area contributed by atoms with Crippen molar-refractivity contribution in [3.8, 4) is 0 Å². The van der Waals surface area contributed by atoms with Gasteiger partial charge in [-0.2, -0.15) is 0 Å². The van der Waals surface area contributed by atoms with Crippen LogP contribution in [0.25, 0.3) is 0 Å². The molecule has 0 bridgehead atoms. The first-order valence-electron chi connectivity index (χ1n) is 18.0. The standard InChI is InChI=1S/C42H40Br4O10/c1-3-4-5-6-7-25(2)52-42-37(56-41(50)29-14-22-33(46)23-15-29)36(55-40(49)28-12-20-32(45)21-13-28)35(54-39(48)27-10-18-31(44)19-11-27)34(53-42)24-51-38(47)26-8-16-30(43)17-9-26/h8-23,25,34-37,42H,3-7,24H2,1-2H3/t25-,34-,35+,36+,37-,42+/m1/s1. The lowest BCUT2D eigenvalue weighted by Crippen LogP contribution is -2.63. The van der Waals surface area contributed by atoms with Crippen molar-refractivity contribution in [1.82, 2.24) is 0 Å². The molecule has 0 unspecified atom stereocenters. The van der Waals surface area contributed by atoms with Gasteiger partial charge in [-0.1, -0.05) is 96.3 Å². The smallest absolute Gasteiger partial charge is 0.338 e. The topological polar surface area (TPSA) is 124 Å². The fraction of sp³-hybridized carbons (Fsp3) is 0.333. The molecule has 0 radical (unpaired) electrons. The first kappa shape index (κ1) is 43.7. The van der Waals surface area contributed by atoms with Gasteiger partial charge in [-0.3, -0.25) is 0 Å². The maximum atomic E-state index is 13.9. The van der Waals surface area contributed by atoms with Crippen LogP contribution < -0.4 is 0 Å². The molecule has 1 aliphatic rings. The Hall–Kier alpha value is -3.40. The molecule has 14 heteroatoms. The first-order chi connectivity index (χ1) is 26.9. The van der Waals surface area contributed by atoms with Crippen molar-refractivity contribution in [1.29, 1.82) is 0 Å². The van der Waals surface area contributed by atoms with E-state index in [-0.39, 0.29) is 22.3 Å². The molecule has 1 heterocycles. The highest BCUT2D eigenvalue weighted by Crippen LogP contribution is 2.33. The van der Waals surface area contributed by atoms with Crippen molar-refractivity contribution >= 4 is 87.6 Å². The summed E-state index contributed by atoms with van der Waals surface area (Å²) in [7, 11) is 0. The Morgan fingerprint density at radius 3 is 1.38 bits per heavy atom. The van der Waals surface area contributed by atoms with E-state index in [2.05, 4.69) is 70.6 Å². The second kappa shape index (κ2) is 21.4. The number of ether oxygens (including phenoxy) is 6. The molecule has 0 spiro atoms. The summed E-state index contributed by atoms with van der Waals surface area (Å²) in [5.74, 6) is -3.02. The molecular formula is C42H40Br4O10. The average molecular weight is 1020 g/mol. The summed E-state index contributed by atoms with van der Waals surface area (Å²) in [5.41, 5.74) is 0.821. The van der Waals surface area contributed by atoms with E-state index >= 15 is 0 Å². The SMILES string of the molecule is CCCCCC[C@@H](C)O[C@H]1O[C@H](COC(=O)c2ccc(Br)cc2)[C@H](OC(=O)c2ccc(Br)cc2)[C@H](OC(=O)c2ccc(Br)cc2)[C@H]1OC(=O)c1ccc(Br)cc1. The Balaban J connectivity index is 1.56. The third-order valence-corrected chi connectivity index (χ3v) is 11.0. The highest BCUT2D eigenvalue weighted by atomic mass is 79.9. The number of unbranched alkanes of at least 4 members (excludes halogenated alkanes) is 3. The minimum Gasteiger partial charge on any atom is -0.459 e. The van der Waals surface area contributed by atoms with Gasteiger partial charge in [0.05, 0.1) is 28.4 Å². The fourth-order valence-electron chi connectivity index (χ4n) is 5.84. The molecule has 1 fully saturated rings. The van der Waals surface area contributed by atoms with Crippen LogP contribution in [0.2, 0.25) is 0 Å². The third-order valence-electron chi connectivity index (χ3n) is 8.85.